The van der Waals surface area contributed by atoms with Gasteiger partial charge in [-0.3, -0.25) is 4.57 Å². The second kappa shape index (κ2) is 3.68. The molecule has 0 amide bonds. The lowest BCUT2D eigenvalue weighted by atomic mass is 10.4. The number of hydrogen-bond acceptors (Lipinski definition) is 5. The van der Waals surface area contributed by atoms with Crippen molar-refractivity contribution in [3.05, 3.63) is 11.1 Å². The topological polar surface area (TPSA) is 83.3 Å². The Balaban J connectivity index is 2.69. The molecule has 5 nitrogen and oxygen atoms in total. The Morgan fingerprint density at radius 2 is 2.42 bits per heavy atom. The quantitative estimate of drug-likeness (QED) is 0.440. The van der Waals surface area contributed by atoms with Gasteiger partial charge in [0.15, 0.2) is 0 Å². The third-order valence-corrected chi connectivity index (χ3v) is 2.80. The summed E-state index contributed by atoms with van der Waals surface area (Å²) >= 11 is 5.83. The van der Waals surface area contributed by atoms with Crippen molar-refractivity contribution in [1.29, 1.82) is 0 Å². The third-order valence-electron chi connectivity index (χ3n) is 0.995. The lowest BCUT2D eigenvalue weighted by molar-refractivity contribution is 0.378. The van der Waals surface area contributed by atoms with Crippen LogP contribution < -0.4 is 0 Å². The minimum atomic E-state index is -4.07. The van der Waals surface area contributed by atoms with Gasteiger partial charge in [-0.1, -0.05) is 16.7 Å². The highest BCUT2D eigenvalue weighted by Crippen LogP contribution is 2.34. The van der Waals surface area contributed by atoms with Gasteiger partial charge in [0.1, 0.15) is 5.69 Å². The minimum Gasteiger partial charge on any atom is -0.324 e. The maximum Gasteiger partial charge on any atom is 0.330 e. The Labute approximate surface area is 77.8 Å². The van der Waals surface area contributed by atoms with E-state index >= 15 is 0 Å². The SMILES string of the molecule is O=P(O)(O)CC(=S)c1csnn1. The first-order chi connectivity index (χ1) is 5.49. The molecule has 0 radical (unpaired) electrons. The van der Waals surface area contributed by atoms with E-state index < -0.39 is 13.8 Å². The average Bonchev–Trinajstić information content (AvgIpc) is 2.32. The molecule has 1 aromatic rings. The summed E-state index contributed by atoms with van der Waals surface area (Å²) in [6.45, 7) is 0. The van der Waals surface area contributed by atoms with Crippen LogP contribution in [-0.4, -0.2) is 30.4 Å². The van der Waals surface area contributed by atoms with Gasteiger partial charge in [0, 0.05) is 5.38 Å². The Kier molecular flexibility index (Phi) is 3.03. The first-order valence-corrected chi connectivity index (χ1v) is 5.88. The van der Waals surface area contributed by atoms with Crippen molar-refractivity contribution in [3.63, 3.8) is 0 Å². The molecule has 2 N–H and O–H groups in total. The molecule has 8 heteroatoms. The second-order valence-corrected chi connectivity index (χ2v) is 4.78. The highest BCUT2D eigenvalue weighted by atomic mass is 32.1. The van der Waals surface area contributed by atoms with Crippen LogP contribution in [0.5, 0.6) is 0 Å². The van der Waals surface area contributed by atoms with Gasteiger partial charge in [0.25, 0.3) is 0 Å². The fraction of sp³-hybridized carbons (Fsp3) is 0.250. The van der Waals surface area contributed by atoms with E-state index in [4.69, 9.17) is 22.0 Å². The van der Waals surface area contributed by atoms with E-state index in [1.165, 1.54) is 0 Å². The highest BCUT2D eigenvalue weighted by Gasteiger charge is 2.18. The smallest absolute Gasteiger partial charge is 0.324 e. The zero-order valence-corrected chi connectivity index (χ0v) is 8.27. The monoisotopic (exact) mass is 224 g/mol. The van der Waals surface area contributed by atoms with Crippen molar-refractivity contribution < 1.29 is 14.4 Å². The second-order valence-electron chi connectivity index (χ2n) is 2.04. The van der Waals surface area contributed by atoms with E-state index in [1.54, 1.807) is 5.38 Å². The van der Waals surface area contributed by atoms with E-state index in [0.717, 1.165) is 11.5 Å². The first-order valence-electron chi connectivity index (χ1n) is 2.84. The molecule has 0 aliphatic rings. The van der Waals surface area contributed by atoms with Crippen molar-refractivity contribution in [2.45, 2.75) is 0 Å². The molecule has 12 heavy (non-hydrogen) atoms. The molecule has 0 atom stereocenters. The molecule has 0 saturated carbocycles. The summed E-state index contributed by atoms with van der Waals surface area (Å²) in [5, 5.41) is 5.14. The molecular formula is C4H5N2O3PS2. The highest BCUT2D eigenvalue weighted by molar-refractivity contribution is 7.81. The van der Waals surface area contributed by atoms with Gasteiger partial charge in [0.2, 0.25) is 0 Å². The van der Waals surface area contributed by atoms with Crippen LogP contribution in [0.2, 0.25) is 0 Å². The molecule has 0 aliphatic carbocycles. The molecule has 0 aliphatic heterocycles. The molecule has 0 unspecified atom stereocenters. The normalized spacial score (nSPS) is 11.5. The van der Waals surface area contributed by atoms with Gasteiger partial charge in [-0.05, 0) is 11.5 Å². The zero-order valence-electron chi connectivity index (χ0n) is 5.75. The number of aromatic nitrogens is 2. The molecule has 0 spiro atoms. The van der Waals surface area contributed by atoms with E-state index in [1.807, 2.05) is 0 Å². The summed E-state index contributed by atoms with van der Waals surface area (Å²) in [5.74, 6) is 0. The Bertz CT molecular complexity index is 319. The summed E-state index contributed by atoms with van der Waals surface area (Å²) in [5.41, 5.74) is 0.373. The van der Waals surface area contributed by atoms with Crippen molar-refractivity contribution >= 4 is 36.2 Å². The summed E-state index contributed by atoms with van der Waals surface area (Å²) in [6.07, 6.45) is -0.437. The molecule has 1 aromatic heterocycles. The van der Waals surface area contributed by atoms with Crippen LogP contribution in [-0.2, 0) is 4.57 Å². The van der Waals surface area contributed by atoms with E-state index in [-0.39, 0.29) is 4.86 Å². The molecule has 1 rings (SSSR count). The number of hydrogen-bond donors (Lipinski definition) is 2. The maximum atomic E-state index is 10.5. The standard InChI is InChI=1S/C4H5N2O3PS2/c7-10(8,9)1-4(11)3-2-12-6-5-3/h2H,1H2,(H2,7,8,9). The number of nitrogens with zero attached hydrogens (tertiary/aromatic N) is 2. The van der Waals surface area contributed by atoms with Gasteiger partial charge >= 0.3 is 7.60 Å². The van der Waals surface area contributed by atoms with Gasteiger partial charge in [0.05, 0.1) is 11.0 Å². The largest absolute Gasteiger partial charge is 0.330 e. The van der Waals surface area contributed by atoms with Crippen molar-refractivity contribution in [3.8, 4) is 0 Å². The zero-order chi connectivity index (χ0) is 9.19. The number of rotatable bonds is 3. The molecule has 66 valence electrons. The van der Waals surface area contributed by atoms with Crippen molar-refractivity contribution in [2.75, 3.05) is 6.16 Å². The fourth-order valence-corrected chi connectivity index (χ4v) is 2.24. The Morgan fingerprint density at radius 3 is 2.83 bits per heavy atom. The maximum absolute atomic E-state index is 10.5. The summed E-state index contributed by atoms with van der Waals surface area (Å²) in [7, 11) is -4.07. The average molecular weight is 224 g/mol. The van der Waals surface area contributed by atoms with Gasteiger partial charge < -0.3 is 9.79 Å². The van der Waals surface area contributed by atoms with E-state index in [0.29, 0.717) is 5.69 Å². The molecule has 0 aromatic carbocycles. The summed E-state index contributed by atoms with van der Waals surface area (Å²) < 4.78 is 14.0. The van der Waals surface area contributed by atoms with E-state index in [2.05, 4.69) is 9.59 Å². The van der Waals surface area contributed by atoms with Crippen LogP contribution in [0.4, 0.5) is 0 Å². The van der Waals surface area contributed by atoms with Crippen LogP contribution in [0.1, 0.15) is 5.69 Å². The van der Waals surface area contributed by atoms with Crippen LogP contribution in [0.3, 0.4) is 0 Å². The molecule has 0 bridgehead atoms. The summed E-state index contributed by atoms with van der Waals surface area (Å²) in [6, 6.07) is 0. The summed E-state index contributed by atoms with van der Waals surface area (Å²) in [4.78, 5) is 17.3. The van der Waals surface area contributed by atoms with Crippen LogP contribution in [0.25, 0.3) is 0 Å². The Morgan fingerprint density at radius 1 is 1.75 bits per heavy atom. The third kappa shape index (κ3) is 3.04. The predicted molar refractivity (Wildman–Crippen MR) is 48.5 cm³/mol. The van der Waals surface area contributed by atoms with Gasteiger partial charge in [-0.15, -0.1) is 5.10 Å². The lowest BCUT2D eigenvalue weighted by Gasteiger charge is -2.01. The van der Waals surface area contributed by atoms with E-state index in [9.17, 15) is 4.57 Å². The van der Waals surface area contributed by atoms with Gasteiger partial charge in [-0.2, -0.15) is 0 Å². The molecule has 0 fully saturated rings. The molecular weight excluding hydrogens is 219 g/mol. The van der Waals surface area contributed by atoms with Crippen molar-refractivity contribution in [2.24, 2.45) is 0 Å². The molecule has 1 heterocycles. The van der Waals surface area contributed by atoms with Gasteiger partial charge in [-0.25, -0.2) is 0 Å². The molecule has 0 saturated heterocycles. The fourth-order valence-electron chi connectivity index (χ4n) is 0.554. The predicted octanol–water partition coefficient (Wildman–Crippen LogP) is 0.434. The van der Waals surface area contributed by atoms with Crippen LogP contribution in [0, 0.1) is 0 Å². The first kappa shape index (κ1) is 9.88. The lowest BCUT2D eigenvalue weighted by Crippen LogP contribution is -2.04. The van der Waals surface area contributed by atoms with Crippen molar-refractivity contribution in [1.82, 2.24) is 9.59 Å². The minimum absolute atomic E-state index is 0.150. The Hall–Kier alpha value is -0.200. The number of thiocarbonyl (C=S) groups is 1. The van der Waals surface area contributed by atoms with Crippen LogP contribution in [0.15, 0.2) is 5.38 Å². The van der Waals surface area contributed by atoms with Crippen LogP contribution >= 0.6 is 31.3 Å².